The number of anilines is 2. The van der Waals surface area contributed by atoms with Gasteiger partial charge in [-0.1, -0.05) is 187 Å². The molecule has 12 aliphatic rings. The maximum absolute atomic E-state index is 16.2. The molecule has 1 saturated carbocycles. The largest absolute Gasteiger partial charge is 0.342 e. The minimum absolute atomic E-state index is 0.0170. The molecule has 15 rings (SSSR count). The van der Waals surface area contributed by atoms with Gasteiger partial charge < -0.3 is 9.80 Å². The molecule has 0 radical (unpaired) electrons. The van der Waals surface area contributed by atoms with E-state index in [0.29, 0.717) is 18.3 Å². The van der Waals surface area contributed by atoms with Gasteiger partial charge in [0.2, 0.25) is 0 Å². The first kappa shape index (κ1) is 59.8. The molecule has 0 bridgehead atoms. The second kappa shape index (κ2) is 23.0. The van der Waals surface area contributed by atoms with Gasteiger partial charge in [-0.3, -0.25) is 0 Å². The fraction of sp³-hybridized carbons (Fsp3) is 0.357. The van der Waals surface area contributed by atoms with Crippen LogP contribution >= 0.6 is 0 Å². The molecule has 3 aromatic rings. The minimum Gasteiger partial charge on any atom is -0.342 e. The molecule has 0 spiro atoms. The number of hydrogen-bond donors (Lipinski definition) is 0. The topological polar surface area (TPSA) is 6.48 Å². The van der Waals surface area contributed by atoms with E-state index in [4.69, 9.17) is 0 Å². The van der Waals surface area contributed by atoms with Gasteiger partial charge in [-0.2, -0.15) is 0 Å². The van der Waals surface area contributed by atoms with Crippen LogP contribution in [0.25, 0.3) is 5.57 Å². The molecule has 0 N–H and O–H groups in total. The van der Waals surface area contributed by atoms with E-state index in [2.05, 4.69) is 228 Å². The highest BCUT2D eigenvalue weighted by atomic mass is 28.3. The Bertz CT molecular complexity index is 4150. The molecule has 7 heteroatoms. The van der Waals surface area contributed by atoms with Crippen LogP contribution in [-0.4, -0.2) is 25.2 Å². The number of benzene rings is 3. The number of aryl methyl sites for hydroxylation is 2. The van der Waals surface area contributed by atoms with Crippen molar-refractivity contribution in [2.45, 2.75) is 140 Å². The molecule has 0 saturated heterocycles. The monoisotopic (exact) mass is 1230 g/mol. The summed E-state index contributed by atoms with van der Waals surface area (Å²) in [5.41, 5.74) is 18.4. The standard InChI is InChI=1S/C84H86F4N2Si/c1-9-55-23-27-57(28-24-55)83(73-43-51(3)19-21-53(73)5)71-17-13-11-15-65(71)67-37-31-61(47-75(67)83)89(63-33-39-77(85)79(87)49-63)59-35-41-81-69(45-59)70-46-60(36-42-82(70)91(81,7)8)90(64-34-40-78(86)80(88)50-64)62-32-38-68-66-16-12-14-18-72(66)84(76(68)48-62,58-29-25-56(10-2)26-30-58)74-44-52(4)20-22-54(74)6/h9-24,27,29,31-33,36-39,42-43,45-46,48,50,56-57,61,65-67,71-72,74-75,79H,1-2,25-26,28,30,34-35,40-41,44,47,49H2,3-8H3. The van der Waals surface area contributed by atoms with E-state index in [1.807, 2.05) is 12.2 Å². The number of hydrogen-bond acceptors (Lipinski definition) is 2. The molecule has 1 heterocycles. The van der Waals surface area contributed by atoms with Crippen molar-refractivity contribution in [3.63, 3.8) is 0 Å². The van der Waals surface area contributed by atoms with Crippen LogP contribution in [0.15, 0.2) is 263 Å². The first-order chi connectivity index (χ1) is 44.0. The van der Waals surface area contributed by atoms with Crippen molar-refractivity contribution in [2.24, 2.45) is 47.3 Å². The van der Waals surface area contributed by atoms with Gasteiger partial charge in [0.1, 0.15) is 19.7 Å². The highest BCUT2D eigenvalue weighted by molar-refractivity contribution is 6.98. The number of allylic oxidation sites excluding steroid dienone is 33. The molecule has 3 aromatic carbocycles. The first-order valence-corrected chi connectivity index (χ1v) is 36.9. The van der Waals surface area contributed by atoms with Crippen LogP contribution in [0.4, 0.5) is 28.9 Å². The average molecular weight is 1230 g/mol. The highest BCUT2D eigenvalue weighted by Gasteiger charge is 2.63. The van der Waals surface area contributed by atoms with Crippen molar-refractivity contribution < 1.29 is 17.6 Å². The summed E-state index contributed by atoms with van der Waals surface area (Å²) in [5, 5.41) is 2.84. The van der Waals surface area contributed by atoms with Crippen LogP contribution in [0.2, 0.25) is 13.1 Å². The van der Waals surface area contributed by atoms with Crippen molar-refractivity contribution in [3.8, 4) is 0 Å². The Balaban J connectivity index is 0.869. The molecule has 1 fully saturated rings. The Morgan fingerprint density at radius 1 is 0.681 bits per heavy atom. The molecule has 2 nitrogen and oxygen atoms in total. The van der Waals surface area contributed by atoms with Gasteiger partial charge in [-0.25, -0.2) is 17.6 Å². The zero-order chi connectivity index (χ0) is 62.8. The van der Waals surface area contributed by atoms with Gasteiger partial charge >= 0.3 is 0 Å². The zero-order valence-corrected chi connectivity index (χ0v) is 54.8. The molecule has 0 amide bonds. The normalized spacial score (nSPS) is 33.0. The summed E-state index contributed by atoms with van der Waals surface area (Å²) in [7, 11) is -2.27. The molecular weight excluding hydrogens is 1140 g/mol. The average Bonchev–Trinajstić information content (AvgIpc) is 1.57. The maximum atomic E-state index is 16.2. The van der Waals surface area contributed by atoms with Gasteiger partial charge in [0, 0.05) is 64.0 Å². The fourth-order valence-electron chi connectivity index (χ4n) is 20.1. The number of nitrogens with zero attached hydrogens (tertiary/aromatic N) is 2. The molecule has 13 atom stereocenters. The van der Waals surface area contributed by atoms with Gasteiger partial charge in [-0.05, 0) is 220 Å². The second-order valence-electron chi connectivity index (χ2n) is 29.1. The van der Waals surface area contributed by atoms with E-state index in [1.165, 1.54) is 78.2 Å². The molecular formula is C84H86F4N2Si. The predicted molar refractivity (Wildman–Crippen MR) is 372 cm³/mol. The molecule has 1 aliphatic heterocycles. The van der Waals surface area contributed by atoms with Gasteiger partial charge in [0.05, 0.1) is 6.04 Å². The van der Waals surface area contributed by atoms with Crippen LogP contribution in [0.5, 0.6) is 0 Å². The lowest BCUT2D eigenvalue weighted by atomic mass is 9.54. The van der Waals surface area contributed by atoms with Crippen LogP contribution in [0.1, 0.15) is 124 Å². The van der Waals surface area contributed by atoms with Gasteiger partial charge in [0.25, 0.3) is 0 Å². The second-order valence-corrected chi connectivity index (χ2v) is 33.5. The molecule has 0 aromatic heterocycles. The smallest absolute Gasteiger partial charge is 0.157 e. The SMILES string of the molecule is C=CC1=CCC(C2(c3cc(C)ccc3C)C3C=CC=CC3C3C=CC(N(C4=CC5=C(CC4)[Si](C)(C)c4ccc(N(C6=CC(F)=C(F)CC6)c6ccc7c(c6)C(C6=CCC(C=C)CC6)(C6CC(C)=CC=C6C)C6C=CC=CC76)cc45)C4=CC=C(F)C(F)C4)CC32)C=C1. The zero-order valence-electron chi connectivity index (χ0n) is 53.8. The lowest BCUT2D eigenvalue weighted by Crippen LogP contribution is -2.48. The molecule has 11 aliphatic carbocycles. The first-order valence-electron chi connectivity index (χ1n) is 33.9. The summed E-state index contributed by atoms with van der Waals surface area (Å²) in [6, 6.07) is 20.9. The Hall–Kier alpha value is -7.48. The summed E-state index contributed by atoms with van der Waals surface area (Å²) in [5.74, 6) is 0.0209. The van der Waals surface area contributed by atoms with E-state index >= 15 is 17.6 Å². The summed E-state index contributed by atoms with van der Waals surface area (Å²) in [6.07, 6.45) is 55.2. The van der Waals surface area contributed by atoms with Crippen molar-refractivity contribution in [1.29, 1.82) is 0 Å². The summed E-state index contributed by atoms with van der Waals surface area (Å²) in [4.78, 5) is 4.69. The summed E-state index contributed by atoms with van der Waals surface area (Å²) >= 11 is 0. The van der Waals surface area contributed by atoms with Crippen LogP contribution in [0.3, 0.4) is 0 Å². The Morgan fingerprint density at radius 3 is 2.24 bits per heavy atom. The van der Waals surface area contributed by atoms with E-state index in [1.54, 1.807) is 0 Å². The van der Waals surface area contributed by atoms with Crippen molar-refractivity contribution in [2.75, 3.05) is 4.90 Å². The summed E-state index contributed by atoms with van der Waals surface area (Å²) < 4.78 is 63.1. The van der Waals surface area contributed by atoms with Crippen molar-refractivity contribution in [1.82, 2.24) is 4.90 Å². The van der Waals surface area contributed by atoms with E-state index in [9.17, 15) is 0 Å². The molecule has 13 unspecified atom stereocenters. The number of alkyl halides is 1. The predicted octanol–water partition coefficient (Wildman–Crippen LogP) is 21.4. The Morgan fingerprint density at radius 2 is 1.47 bits per heavy atom. The lowest BCUT2D eigenvalue weighted by molar-refractivity contribution is 0.142. The maximum Gasteiger partial charge on any atom is 0.157 e. The Kier molecular flexibility index (Phi) is 15.1. The number of halogens is 4. The number of rotatable bonds is 12. The quantitative estimate of drug-likeness (QED) is 0.101. The van der Waals surface area contributed by atoms with Crippen LogP contribution in [-0.2, 0) is 10.8 Å². The van der Waals surface area contributed by atoms with Crippen LogP contribution in [0, 0.1) is 61.2 Å². The van der Waals surface area contributed by atoms with E-state index < -0.39 is 31.7 Å². The van der Waals surface area contributed by atoms with Crippen molar-refractivity contribution in [3.05, 3.63) is 297 Å². The third-order valence-electron chi connectivity index (χ3n) is 24.2. The lowest BCUT2D eigenvalue weighted by Gasteiger charge is -2.50. The molecule has 91 heavy (non-hydrogen) atoms. The van der Waals surface area contributed by atoms with Crippen molar-refractivity contribution >= 4 is 30.2 Å². The summed E-state index contributed by atoms with van der Waals surface area (Å²) in [6.45, 7) is 22.5. The Labute approximate surface area is 539 Å². The molecule has 464 valence electrons. The highest BCUT2D eigenvalue weighted by Crippen LogP contribution is 2.68. The third-order valence-corrected chi connectivity index (χ3v) is 28.0. The minimum atomic E-state index is -2.27. The number of fused-ring (bicyclic) bond motifs is 8. The van der Waals surface area contributed by atoms with Gasteiger partial charge in [0.15, 0.2) is 12.0 Å². The third kappa shape index (κ3) is 9.40. The fourth-order valence-corrected chi connectivity index (χ4v) is 23.4. The van der Waals surface area contributed by atoms with Gasteiger partial charge in [-0.15, -0.1) is 6.58 Å². The van der Waals surface area contributed by atoms with E-state index in [0.717, 1.165) is 85.4 Å². The van der Waals surface area contributed by atoms with E-state index in [-0.39, 0.29) is 71.1 Å². The van der Waals surface area contributed by atoms with Crippen LogP contribution < -0.4 is 10.1 Å².